The number of aromatic nitrogens is 1. The van der Waals surface area contributed by atoms with E-state index in [0.29, 0.717) is 17.3 Å². The minimum Gasteiger partial charge on any atom is -0.356 e. The van der Waals surface area contributed by atoms with Crippen molar-refractivity contribution in [3.05, 3.63) is 52.3 Å². The van der Waals surface area contributed by atoms with Gasteiger partial charge in [0.1, 0.15) is 5.69 Å². The molecule has 0 bridgehead atoms. The molecule has 0 aliphatic heterocycles. The van der Waals surface area contributed by atoms with Crippen LogP contribution in [0, 0.1) is 0 Å². The predicted molar refractivity (Wildman–Crippen MR) is 80.3 cm³/mol. The Morgan fingerprint density at radius 3 is 2.58 bits per heavy atom. The quantitative estimate of drug-likeness (QED) is 0.650. The minimum atomic E-state index is -0.149. The number of hydrogen-bond acceptors (Lipinski definition) is 2. The van der Waals surface area contributed by atoms with Crippen molar-refractivity contribution in [3.63, 3.8) is 0 Å². The van der Waals surface area contributed by atoms with E-state index in [1.807, 2.05) is 24.3 Å². The molecule has 1 aromatic heterocycles. The van der Waals surface area contributed by atoms with Gasteiger partial charge in [-0.3, -0.25) is 4.79 Å². The summed E-state index contributed by atoms with van der Waals surface area (Å²) >= 11 is 13.2. The van der Waals surface area contributed by atoms with Gasteiger partial charge in [-0.2, -0.15) is 0 Å². The molecule has 100 valence electrons. The SMILES string of the molecule is O=C(NCCSc1ccc(Cl)cc1)c1cc(Cl)c[nH]1. The first-order chi connectivity index (χ1) is 9.15. The van der Waals surface area contributed by atoms with Crippen LogP contribution in [0.4, 0.5) is 0 Å². The summed E-state index contributed by atoms with van der Waals surface area (Å²) in [5.41, 5.74) is 0.474. The molecule has 6 heteroatoms. The van der Waals surface area contributed by atoms with E-state index in [2.05, 4.69) is 10.3 Å². The van der Waals surface area contributed by atoms with Crippen LogP contribution in [-0.4, -0.2) is 23.2 Å². The highest BCUT2D eigenvalue weighted by Gasteiger charge is 2.06. The Balaban J connectivity index is 1.72. The summed E-state index contributed by atoms with van der Waals surface area (Å²) in [6.07, 6.45) is 1.58. The van der Waals surface area contributed by atoms with Gasteiger partial charge in [-0.25, -0.2) is 0 Å². The van der Waals surface area contributed by atoms with Crippen molar-refractivity contribution in [1.29, 1.82) is 0 Å². The normalized spacial score (nSPS) is 10.4. The predicted octanol–water partition coefficient (Wildman–Crippen LogP) is 3.84. The van der Waals surface area contributed by atoms with E-state index in [9.17, 15) is 4.79 Å². The lowest BCUT2D eigenvalue weighted by Gasteiger charge is -2.04. The number of nitrogens with one attached hydrogen (secondary N) is 2. The van der Waals surface area contributed by atoms with Gasteiger partial charge in [0.25, 0.3) is 5.91 Å². The van der Waals surface area contributed by atoms with E-state index >= 15 is 0 Å². The Labute approximate surface area is 125 Å². The van der Waals surface area contributed by atoms with Crippen molar-refractivity contribution >= 4 is 40.9 Å². The highest BCUT2D eigenvalue weighted by atomic mass is 35.5. The van der Waals surface area contributed by atoms with Gasteiger partial charge in [0.05, 0.1) is 5.02 Å². The molecule has 1 aromatic carbocycles. The maximum absolute atomic E-state index is 11.7. The standard InChI is InChI=1S/C13H12Cl2N2OS/c14-9-1-3-11(4-2-9)19-6-5-16-13(18)12-7-10(15)8-17-12/h1-4,7-8,17H,5-6H2,(H,16,18). The lowest BCUT2D eigenvalue weighted by atomic mass is 10.4. The number of amides is 1. The summed E-state index contributed by atoms with van der Waals surface area (Å²) in [5, 5.41) is 4.07. The van der Waals surface area contributed by atoms with Crippen molar-refractivity contribution in [2.75, 3.05) is 12.3 Å². The second-order valence-electron chi connectivity index (χ2n) is 3.79. The maximum Gasteiger partial charge on any atom is 0.267 e. The van der Waals surface area contributed by atoms with E-state index in [4.69, 9.17) is 23.2 Å². The number of carbonyl (C=O) groups excluding carboxylic acids is 1. The maximum atomic E-state index is 11.7. The summed E-state index contributed by atoms with van der Waals surface area (Å²) in [5.74, 6) is 0.644. The Bertz CT molecular complexity index is 554. The molecular formula is C13H12Cl2N2OS. The molecule has 2 rings (SSSR count). The molecule has 3 nitrogen and oxygen atoms in total. The van der Waals surface area contributed by atoms with Crippen LogP contribution < -0.4 is 5.32 Å². The second kappa shape index (κ2) is 6.89. The fraction of sp³-hybridized carbons (Fsp3) is 0.154. The third kappa shape index (κ3) is 4.49. The first-order valence-electron chi connectivity index (χ1n) is 5.65. The first-order valence-corrected chi connectivity index (χ1v) is 7.40. The van der Waals surface area contributed by atoms with Crippen molar-refractivity contribution < 1.29 is 4.79 Å². The smallest absolute Gasteiger partial charge is 0.267 e. The average molecular weight is 315 g/mol. The van der Waals surface area contributed by atoms with Crippen LogP contribution in [0.25, 0.3) is 0 Å². The molecule has 0 fully saturated rings. The second-order valence-corrected chi connectivity index (χ2v) is 5.83. The van der Waals surface area contributed by atoms with Crippen LogP contribution in [0.3, 0.4) is 0 Å². The highest BCUT2D eigenvalue weighted by molar-refractivity contribution is 7.99. The highest BCUT2D eigenvalue weighted by Crippen LogP contribution is 2.19. The Kier molecular flexibility index (Phi) is 5.19. The fourth-order valence-electron chi connectivity index (χ4n) is 1.46. The van der Waals surface area contributed by atoms with E-state index in [-0.39, 0.29) is 5.91 Å². The summed E-state index contributed by atoms with van der Waals surface area (Å²) in [4.78, 5) is 15.6. The molecule has 1 amide bonds. The van der Waals surface area contributed by atoms with Crippen molar-refractivity contribution in [3.8, 4) is 0 Å². The third-order valence-electron chi connectivity index (χ3n) is 2.36. The van der Waals surface area contributed by atoms with Crippen LogP contribution >= 0.6 is 35.0 Å². The van der Waals surface area contributed by atoms with Crippen LogP contribution in [0.15, 0.2) is 41.4 Å². The molecule has 0 aliphatic carbocycles. The summed E-state index contributed by atoms with van der Waals surface area (Å²) < 4.78 is 0. The van der Waals surface area contributed by atoms with Gasteiger partial charge >= 0.3 is 0 Å². The zero-order chi connectivity index (χ0) is 13.7. The van der Waals surface area contributed by atoms with Gasteiger partial charge in [-0.1, -0.05) is 23.2 Å². The van der Waals surface area contributed by atoms with E-state index < -0.39 is 0 Å². The number of halogens is 2. The number of hydrogen-bond donors (Lipinski definition) is 2. The molecule has 0 aliphatic rings. The molecule has 0 atom stereocenters. The minimum absolute atomic E-state index is 0.149. The molecule has 0 saturated heterocycles. The summed E-state index contributed by atoms with van der Waals surface area (Å²) in [6.45, 7) is 0.586. The molecule has 19 heavy (non-hydrogen) atoms. The number of H-pyrrole nitrogens is 1. The topological polar surface area (TPSA) is 44.9 Å². The lowest BCUT2D eigenvalue weighted by Crippen LogP contribution is -2.25. The Morgan fingerprint density at radius 1 is 1.21 bits per heavy atom. The number of benzene rings is 1. The van der Waals surface area contributed by atoms with Crippen LogP contribution in [0.1, 0.15) is 10.5 Å². The molecule has 0 spiro atoms. The third-order valence-corrected chi connectivity index (χ3v) is 3.85. The van der Waals surface area contributed by atoms with Gasteiger partial charge in [0.15, 0.2) is 0 Å². The van der Waals surface area contributed by atoms with Crippen LogP contribution in [-0.2, 0) is 0 Å². The molecular weight excluding hydrogens is 303 g/mol. The van der Waals surface area contributed by atoms with Gasteiger partial charge in [-0.05, 0) is 30.3 Å². The Morgan fingerprint density at radius 2 is 1.95 bits per heavy atom. The van der Waals surface area contributed by atoms with E-state index in [1.165, 1.54) is 0 Å². The van der Waals surface area contributed by atoms with Crippen molar-refractivity contribution in [1.82, 2.24) is 10.3 Å². The lowest BCUT2D eigenvalue weighted by molar-refractivity contribution is 0.0952. The van der Waals surface area contributed by atoms with Crippen LogP contribution in [0.2, 0.25) is 10.0 Å². The molecule has 2 N–H and O–H groups in total. The number of aromatic amines is 1. The molecule has 0 unspecified atom stereocenters. The largest absolute Gasteiger partial charge is 0.356 e. The van der Waals surface area contributed by atoms with Crippen LogP contribution in [0.5, 0.6) is 0 Å². The summed E-state index contributed by atoms with van der Waals surface area (Å²) in [7, 11) is 0. The number of thioether (sulfide) groups is 1. The van der Waals surface area contributed by atoms with Crippen molar-refractivity contribution in [2.24, 2.45) is 0 Å². The van der Waals surface area contributed by atoms with E-state index in [0.717, 1.165) is 15.7 Å². The zero-order valence-corrected chi connectivity index (χ0v) is 12.3. The molecule has 0 saturated carbocycles. The van der Waals surface area contributed by atoms with Crippen molar-refractivity contribution in [2.45, 2.75) is 4.90 Å². The zero-order valence-electron chi connectivity index (χ0n) is 9.95. The first kappa shape index (κ1) is 14.3. The van der Waals surface area contributed by atoms with Gasteiger partial charge < -0.3 is 10.3 Å². The molecule has 0 radical (unpaired) electrons. The van der Waals surface area contributed by atoms with Gasteiger partial charge in [-0.15, -0.1) is 11.8 Å². The van der Waals surface area contributed by atoms with Gasteiger partial charge in [0.2, 0.25) is 0 Å². The number of carbonyl (C=O) groups is 1. The van der Waals surface area contributed by atoms with Gasteiger partial charge in [0, 0.05) is 28.4 Å². The Hall–Kier alpha value is -1.10. The fourth-order valence-corrected chi connectivity index (χ4v) is 2.52. The monoisotopic (exact) mass is 314 g/mol. The van der Waals surface area contributed by atoms with E-state index in [1.54, 1.807) is 24.0 Å². The average Bonchev–Trinajstić information content (AvgIpc) is 2.83. The molecule has 1 heterocycles. The summed E-state index contributed by atoms with van der Waals surface area (Å²) in [6, 6.07) is 9.22. The molecule has 2 aromatic rings. The number of rotatable bonds is 5.